The van der Waals surface area contributed by atoms with Gasteiger partial charge in [0.05, 0.1) is 11.9 Å². The number of carboxylic acid groups (broad SMARTS) is 1. The highest BCUT2D eigenvalue weighted by molar-refractivity contribution is 5.89. The van der Waals surface area contributed by atoms with Crippen LogP contribution in [0.4, 0.5) is 11.4 Å². The third kappa shape index (κ3) is 2.38. The fraction of sp³-hybridized carbons (Fsp3) is 0.368. The van der Waals surface area contributed by atoms with Crippen LogP contribution in [0.1, 0.15) is 64.7 Å². The van der Waals surface area contributed by atoms with Crippen molar-refractivity contribution in [1.82, 2.24) is 4.98 Å². The first-order valence-electron chi connectivity index (χ1n) is 8.23. The van der Waals surface area contributed by atoms with Crippen molar-refractivity contribution in [3.8, 4) is 0 Å². The summed E-state index contributed by atoms with van der Waals surface area (Å²) in [5.41, 5.74) is 5.63. The number of nitrogens with one attached hydrogen (secondary N) is 1. The van der Waals surface area contributed by atoms with Crippen molar-refractivity contribution < 1.29 is 9.90 Å². The van der Waals surface area contributed by atoms with Crippen LogP contribution in [0.25, 0.3) is 0 Å². The van der Waals surface area contributed by atoms with E-state index in [1.807, 2.05) is 12.1 Å². The van der Waals surface area contributed by atoms with Gasteiger partial charge in [0.15, 0.2) is 5.69 Å². The Kier molecular flexibility index (Phi) is 3.33. The van der Waals surface area contributed by atoms with E-state index in [0.29, 0.717) is 11.8 Å². The summed E-state index contributed by atoms with van der Waals surface area (Å²) in [6, 6.07) is 8.22. The number of nitrogens with zero attached hydrogens (tertiary/aromatic N) is 1. The molecule has 4 heteroatoms. The minimum atomic E-state index is -0.907. The number of fused-ring (bicyclic) bond motifs is 2. The lowest BCUT2D eigenvalue weighted by Gasteiger charge is -2.39. The molecule has 0 unspecified atom stereocenters. The number of aryl methyl sites for hydroxylation is 1. The lowest BCUT2D eigenvalue weighted by molar-refractivity contribution is 0.0687. The number of rotatable bonds is 3. The number of benzene rings is 1. The smallest absolute Gasteiger partial charge is 0.354 e. The zero-order valence-corrected chi connectivity index (χ0v) is 13.2. The predicted molar refractivity (Wildman–Crippen MR) is 89.6 cm³/mol. The number of hydrogen-bond donors (Lipinski definition) is 2. The molecule has 0 aliphatic heterocycles. The molecule has 0 atom stereocenters. The fourth-order valence-corrected chi connectivity index (χ4v) is 4.21. The number of aromatic carboxylic acids is 1. The Morgan fingerprint density at radius 2 is 1.87 bits per heavy atom. The highest BCUT2D eigenvalue weighted by atomic mass is 16.4. The number of anilines is 2. The number of hydrogen-bond acceptors (Lipinski definition) is 3. The summed E-state index contributed by atoms with van der Waals surface area (Å²) in [5, 5.41) is 13.0. The summed E-state index contributed by atoms with van der Waals surface area (Å²) >= 11 is 0. The van der Waals surface area contributed by atoms with E-state index in [0.717, 1.165) is 42.6 Å². The van der Waals surface area contributed by atoms with E-state index in [-0.39, 0.29) is 5.69 Å². The van der Waals surface area contributed by atoms with E-state index < -0.39 is 5.97 Å². The van der Waals surface area contributed by atoms with Gasteiger partial charge in [-0.1, -0.05) is 12.1 Å². The van der Waals surface area contributed by atoms with Crippen LogP contribution < -0.4 is 5.32 Å². The van der Waals surface area contributed by atoms with Gasteiger partial charge in [-0.3, -0.25) is 0 Å². The molecule has 4 nitrogen and oxygen atoms in total. The molecule has 0 saturated heterocycles. The van der Waals surface area contributed by atoms with E-state index in [9.17, 15) is 9.90 Å². The van der Waals surface area contributed by atoms with Crippen molar-refractivity contribution in [2.45, 2.75) is 44.4 Å². The highest BCUT2D eigenvalue weighted by Gasteiger charge is 2.38. The van der Waals surface area contributed by atoms with Crippen molar-refractivity contribution in [3.63, 3.8) is 0 Å². The number of carbonyl (C=O) groups is 1. The van der Waals surface area contributed by atoms with E-state index in [1.165, 1.54) is 11.1 Å². The summed E-state index contributed by atoms with van der Waals surface area (Å²) in [6.45, 7) is 2.06. The van der Waals surface area contributed by atoms with Gasteiger partial charge in [-0.2, -0.15) is 0 Å². The van der Waals surface area contributed by atoms with Crippen LogP contribution in [0.3, 0.4) is 0 Å². The lowest BCUT2D eigenvalue weighted by atomic mass is 9.66. The van der Waals surface area contributed by atoms with Crippen LogP contribution in [0.5, 0.6) is 0 Å². The molecule has 0 radical (unpaired) electrons. The van der Waals surface area contributed by atoms with E-state index in [1.54, 1.807) is 6.20 Å². The Bertz CT molecular complexity index is 777. The summed E-state index contributed by atoms with van der Waals surface area (Å²) in [4.78, 5) is 15.8. The topological polar surface area (TPSA) is 62.2 Å². The third-order valence-corrected chi connectivity index (χ3v) is 5.20. The monoisotopic (exact) mass is 308 g/mol. The number of pyridine rings is 1. The maximum Gasteiger partial charge on any atom is 0.354 e. The van der Waals surface area contributed by atoms with Crippen LogP contribution in [-0.2, 0) is 0 Å². The minimum Gasteiger partial charge on any atom is -0.477 e. The molecule has 2 aromatic rings. The third-order valence-electron chi connectivity index (χ3n) is 5.20. The first kappa shape index (κ1) is 14.2. The average molecular weight is 308 g/mol. The first-order valence-corrected chi connectivity index (χ1v) is 8.23. The molecule has 1 saturated carbocycles. The van der Waals surface area contributed by atoms with E-state index in [4.69, 9.17) is 0 Å². The molecule has 2 bridgehead atoms. The fourth-order valence-electron chi connectivity index (χ4n) is 4.21. The molecule has 3 aliphatic rings. The van der Waals surface area contributed by atoms with Gasteiger partial charge in [0.25, 0.3) is 0 Å². The van der Waals surface area contributed by atoms with Crippen LogP contribution in [0.2, 0.25) is 0 Å². The van der Waals surface area contributed by atoms with E-state index in [2.05, 4.69) is 29.4 Å². The molecule has 2 N–H and O–H groups in total. The molecular weight excluding hydrogens is 288 g/mol. The van der Waals surface area contributed by atoms with Gasteiger partial charge in [-0.05, 0) is 73.3 Å². The second kappa shape index (κ2) is 5.37. The Morgan fingerprint density at radius 3 is 2.52 bits per heavy atom. The molecule has 1 fully saturated rings. The first-order chi connectivity index (χ1) is 11.1. The Balaban J connectivity index is 1.83. The predicted octanol–water partition coefficient (Wildman–Crippen LogP) is 4.59. The summed E-state index contributed by atoms with van der Waals surface area (Å²) in [6.07, 6.45) is 6.19. The maximum absolute atomic E-state index is 11.6. The number of carboxylic acids is 1. The molecule has 3 aliphatic carbocycles. The van der Waals surface area contributed by atoms with Crippen LogP contribution in [-0.4, -0.2) is 16.1 Å². The molecule has 0 spiro atoms. The number of aromatic nitrogens is 1. The summed E-state index contributed by atoms with van der Waals surface area (Å²) in [5.74, 6) is -0.0906. The van der Waals surface area contributed by atoms with Gasteiger partial charge in [0.2, 0.25) is 0 Å². The van der Waals surface area contributed by atoms with Crippen LogP contribution in [0, 0.1) is 6.92 Å². The second-order valence-electron chi connectivity index (χ2n) is 6.70. The maximum atomic E-state index is 11.6. The Labute approximate surface area is 135 Å². The van der Waals surface area contributed by atoms with Gasteiger partial charge in [0.1, 0.15) is 0 Å². The van der Waals surface area contributed by atoms with Gasteiger partial charge < -0.3 is 10.4 Å². The molecule has 1 aromatic carbocycles. The normalized spacial score (nSPS) is 21.8. The minimum absolute atomic E-state index is 0.254. The molecule has 1 aromatic heterocycles. The molecule has 23 heavy (non-hydrogen) atoms. The largest absolute Gasteiger partial charge is 0.477 e. The molecule has 5 rings (SSSR count). The van der Waals surface area contributed by atoms with Crippen molar-refractivity contribution in [2.24, 2.45) is 0 Å². The zero-order valence-electron chi connectivity index (χ0n) is 13.2. The van der Waals surface area contributed by atoms with Gasteiger partial charge >= 0.3 is 5.97 Å². The highest BCUT2D eigenvalue weighted by Crippen LogP contribution is 2.52. The Morgan fingerprint density at radius 1 is 1.17 bits per heavy atom. The van der Waals surface area contributed by atoms with Gasteiger partial charge in [0, 0.05) is 5.69 Å². The summed E-state index contributed by atoms with van der Waals surface area (Å²) in [7, 11) is 0. The standard InChI is InChI=1S/C19H20N2O2/c1-11-3-2-4-14(9-11)21-15-10-20-18(19(22)23)17-13-7-5-12(6-8-13)16(15)17/h2-4,9-10,12-13,21H,5-8H2,1H3,(H,22,23). The molecular formula is C19H20N2O2. The van der Waals surface area contributed by atoms with Crippen LogP contribution >= 0.6 is 0 Å². The zero-order chi connectivity index (χ0) is 16.0. The SMILES string of the molecule is Cc1cccc(Nc2cnc(C(=O)O)c3c2C2CCC3CC2)c1. The van der Waals surface area contributed by atoms with Crippen molar-refractivity contribution in [1.29, 1.82) is 0 Å². The lowest BCUT2D eigenvalue weighted by Crippen LogP contribution is -2.26. The quantitative estimate of drug-likeness (QED) is 0.870. The van der Waals surface area contributed by atoms with Gasteiger partial charge in [-0.25, -0.2) is 9.78 Å². The second-order valence-corrected chi connectivity index (χ2v) is 6.70. The van der Waals surface area contributed by atoms with E-state index >= 15 is 0 Å². The van der Waals surface area contributed by atoms with Crippen molar-refractivity contribution in [2.75, 3.05) is 5.32 Å². The summed E-state index contributed by atoms with van der Waals surface area (Å²) < 4.78 is 0. The van der Waals surface area contributed by atoms with Gasteiger partial charge in [-0.15, -0.1) is 0 Å². The molecule has 118 valence electrons. The van der Waals surface area contributed by atoms with Crippen molar-refractivity contribution in [3.05, 3.63) is 52.8 Å². The van der Waals surface area contributed by atoms with Crippen LogP contribution in [0.15, 0.2) is 30.5 Å². The molecule has 1 heterocycles. The average Bonchev–Trinajstić information content (AvgIpc) is 2.56. The molecule has 0 amide bonds. The van der Waals surface area contributed by atoms with Crippen molar-refractivity contribution >= 4 is 17.3 Å². The Hall–Kier alpha value is -2.36.